The van der Waals surface area contributed by atoms with Crippen molar-refractivity contribution < 1.29 is 27.3 Å². The molecular weight excluding hydrogens is 853 g/mol. The number of pyridine rings is 2. The van der Waals surface area contributed by atoms with Gasteiger partial charge in [0.15, 0.2) is 0 Å². The van der Waals surface area contributed by atoms with Gasteiger partial charge in [-0.1, -0.05) is 154 Å². The SMILES string of the molecule is [2H]C(C)(C)c1cc(-c2[c-]ccc(-c3ccccc3)c2)ncc1[Si](C)(C)C.[2H]C(C)(C)c1ccnc(-c2[c-]ccc3c2oc2cc(-c4ccccc4)ccc23)c1.[Ir]. The van der Waals surface area contributed by atoms with Crippen LogP contribution in [0, 0.1) is 12.1 Å². The molecule has 0 aliphatic carbocycles. The smallest absolute Gasteiger partial charge is 0.121 e. The molecule has 0 bridgehead atoms. The van der Waals surface area contributed by atoms with Crippen molar-refractivity contribution >= 4 is 35.2 Å². The minimum absolute atomic E-state index is 0. The van der Waals surface area contributed by atoms with Crippen molar-refractivity contribution in [1.29, 1.82) is 0 Å². The van der Waals surface area contributed by atoms with E-state index in [-0.39, 0.29) is 20.1 Å². The molecule has 3 nitrogen and oxygen atoms in total. The number of hydrogen-bond acceptors (Lipinski definition) is 3. The van der Waals surface area contributed by atoms with Crippen LogP contribution in [0.15, 0.2) is 144 Å². The van der Waals surface area contributed by atoms with Gasteiger partial charge < -0.3 is 14.4 Å². The molecule has 0 amide bonds. The van der Waals surface area contributed by atoms with Crippen molar-refractivity contribution in [3.05, 3.63) is 163 Å². The third-order valence-corrected chi connectivity index (χ3v) is 11.6. The van der Waals surface area contributed by atoms with Crippen molar-refractivity contribution in [2.24, 2.45) is 0 Å². The van der Waals surface area contributed by atoms with Crippen LogP contribution >= 0.6 is 0 Å². The van der Waals surface area contributed by atoms with Gasteiger partial charge in [0.2, 0.25) is 0 Å². The monoisotopic (exact) mass is 901 g/mol. The van der Waals surface area contributed by atoms with Crippen molar-refractivity contribution in [3.63, 3.8) is 0 Å². The van der Waals surface area contributed by atoms with Crippen LogP contribution < -0.4 is 5.19 Å². The van der Waals surface area contributed by atoms with Gasteiger partial charge in [-0.25, -0.2) is 0 Å². The van der Waals surface area contributed by atoms with Gasteiger partial charge in [-0.05, 0) is 57.2 Å². The fourth-order valence-corrected chi connectivity index (χ4v) is 8.24. The maximum absolute atomic E-state index is 8.61. The summed E-state index contributed by atoms with van der Waals surface area (Å²) in [5.41, 5.74) is 11.7. The molecule has 3 aromatic heterocycles. The van der Waals surface area contributed by atoms with Crippen LogP contribution in [0.25, 0.3) is 66.7 Å². The molecule has 8 rings (SSSR count). The first kappa shape index (κ1) is 36.1. The Morgan fingerprint density at radius 1 is 0.630 bits per heavy atom. The van der Waals surface area contributed by atoms with Crippen LogP contribution in [0.5, 0.6) is 0 Å². The van der Waals surface area contributed by atoms with E-state index in [9.17, 15) is 0 Å². The van der Waals surface area contributed by atoms with Gasteiger partial charge >= 0.3 is 0 Å². The van der Waals surface area contributed by atoms with E-state index < -0.39 is 19.9 Å². The molecule has 5 aromatic carbocycles. The summed E-state index contributed by atoms with van der Waals surface area (Å²) < 4.78 is 23.2. The second kappa shape index (κ2) is 16.6. The van der Waals surface area contributed by atoms with E-state index in [1.807, 2.05) is 101 Å². The maximum Gasteiger partial charge on any atom is 0.121 e. The summed E-state index contributed by atoms with van der Waals surface area (Å²) in [5.74, 6) is -1.34. The van der Waals surface area contributed by atoms with Gasteiger partial charge in [-0.15, -0.1) is 53.6 Å². The quantitative estimate of drug-likeness (QED) is 0.118. The van der Waals surface area contributed by atoms with Gasteiger partial charge in [0.05, 0.1) is 13.7 Å². The molecule has 273 valence electrons. The first-order valence-corrected chi connectivity index (χ1v) is 21.6. The van der Waals surface area contributed by atoms with E-state index in [2.05, 4.69) is 97.4 Å². The van der Waals surface area contributed by atoms with Crippen molar-refractivity contribution in [3.8, 4) is 44.8 Å². The van der Waals surface area contributed by atoms with E-state index in [4.69, 9.17) is 12.1 Å². The van der Waals surface area contributed by atoms with Gasteiger partial charge in [0, 0.05) is 40.6 Å². The predicted molar refractivity (Wildman–Crippen MR) is 226 cm³/mol. The summed E-state index contributed by atoms with van der Waals surface area (Å²) in [6, 6.07) is 49.6. The van der Waals surface area contributed by atoms with Crippen LogP contribution in [-0.4, -0.2) is 18.0 Å². The molecule has 0 aliphatic rings. The fourth-order valence-electron chi connectivity index (χ4n) is 6.66. The Balaban J connectivity index is 0.000000188. The average molecular weight is 901 g/mol. The first-order chi connectivity index (χ1) is 26.2. The molecule has 54 heavy (non-hydrogen) atoms. The number of benzene rings is 5. The molecule has 0 N–H and O–H groups in total. The number of hydrogen-bond donors (Lipinski definition) is 0. The van der Waals surface area contributed by atoms with Gasteiger partial charge in [-0.3, -0.25) is 0 Å². The summed E-state index contributed by atoms with van der Waals surface area (Å²) in [7, 11) is -1.57. The van der Waals surface area contributed by atoms with E-state index >= 15 is 0 Å². The Hall–Kier alpha value is -4.93. The standard InChI is InChI=1S/C26H20NO.C23H26NSi.Ir/c1-17(2)19-13-14-27-24(15-19)23-10-6-9-22-21-12-11-20(16-25(21)28-26(22)23)18-7-4-3-5-8-18;1-17(2)21-15-22(24-16-23(21)25(3,4)5)20-13-9-12-19(14-20)18-10-7-6-8-11-18;/h3-9,11-17H,1-2H3;6-12,14-17H,1-5H3;/q2*-1;/i2*17D;. The zero-order valence-corrected chi connectivity index (χ0v) is 35.3. The average Bonchev–Trinajstić information content (AvgIpc) is 3.56. The summed E-state index contributed by atoms with van der Waals surface area (Å²) >= 11 is 0. The minimum atomic E-state index is -1.57. The molecule has 0 unspecified atom stereocenters. The largest absolute Gasteiger partial charge is 0.501 e. The third-order valence-electron chi connectivity index (χ3n) is 9.57. The predicted octanol–water partition coefficient (Wildman–Crippen LogP) is 13.1. The van der Waals surface area contributed by atoms with Crippen molar-refractivity contribution in [2.75, 3.05) is 0 Å². The van der Waals surface area contributed by atoms with E-state index in [0.29, 0.717) is 0 Å². The topological polar surface area (TPSA) is 38.9 Å². The second-order valence-corrected chi connectivity index (χ2v) is 20.0. The third kappa shape index (κ3) is 8.40. The van der Waals surface area contributed by atoms with Crippen molar-refractivity contribution in [1.82, 2.24) is 9.97 Å². The number of fused-ring (bicyclic) bond motifs is 3. The van der Waals surface area contributed by atoms with Gasteiger partial charge in [0.1, 0.15) is 5.58 Å². The van der Waals surface area contributed by atoms with E-state index in [1.165, 1.54) is 10.8 Å². The van der Waals surface area contributed by atoms with Gasteiger partial charge in [0.25, 0.3) is 0 Å². The van der Waals surface area contributed by atoms with Crippen LogP contribution in [-0.2, 0) is 20.1 Å². The summed E-state index contributed by atoms with van der Waals surface area (Å²) in [6.45, 7) is 14.6. The Kier molecular flexibility index (Phi) is 11.1. The van der Waals surface area contributed by atoms with E-state index in [1.54, 1.807) is 6.20 Å². The number of rotatable bonds is 7. The zero-order chi connectivity index (χ0) is 39.0. The molecule has 0 aliphatic heterocycles. The minimum Gasteiger partial charge on any atom is -0.501 e. The zero-order valence-electron chi connectivity index (χ0n) is 33.9. The summed E-state index contributed by atoms with van der Waals surface area (Å²) in [6.07, 6.45) is 3.75. The number of furan rings is 1. The molecule has 0 fully saturated rings. The van der Waals surface area contributed by atoms with Crippen LogP contribution in [0.2, 0.25) is 19.6 Å². The first-order valence-electron chi connectivity index (χ1n) is 19.1. The molecule has 0 atom stereocenters. The van der Waals surface area contributed by atoms with Crippen LogP contribution in [0.1, 0.15) is 53.4 Å². The van der Waals surface area contributed by atoms with Crippen molar-refractivity contribution in [2.45, 2.75) is 59.1 Å². The maximum atomic E-state index is 8.61. The van der Waals surface area contributed by atoms with Crippen LogP contribution in [0.4, 0.5) is 0 Å². The number of aromatic nitrogens is 2. The molecule has 0 saturated heterocycles. The number of nitrogens with zero attached hydrogens (tertiary/aromatic N) is 2. The molecule has 5 heteroatoms. The molecule has 3 heterocycles. The Morgan fingerprint density at radius 2 is 1.30 bits per heavy atom. The molecule has 0 saturated carbocycles. The normalized spacial score (nSPS) is 12.4. The molecule has 8 aromatic rings. The molecular formula is C49H46IrN2OSi-2. The van der Waals surface area contributed by atoms with Crippen LogP contribution in [0.3, 0.4) is 0 Å². The summed E-state index contributed by atoms with van der Waals surface area (Å²) in [5, 5.41) is 3.39. The Bertz CT molecular complexity index is 2600. The fraction of sp³-hybridized carbons (Fsp3) is 0.184. The van der Waals surface area contributed by atoms with Gasteiger partial charge in [-0.2, -0.15) is 0 Å². The van der Waals surface area contributed by atoms with E-state index in [0.717, 1.165) is 72.3 Å². The summed E-state index contributed by atoms with van der Waals surface area (Å²) in [4.78, 5) is 9.28. The second-order valence-electron chi connectivity index (χ2n) is 14.9. The molecule has 1 radical (unpaired) electrons. The Labute approximate surface area is 337 Å². The Morgan fingerprint density at radius 3 is 1.94 bits per heavy atom. The molecule has 0 spiro atoms.